The maximum absolute atomic E-state index is 13.5. The van der Waals surface area contributed by atoms with Crippen molar-refractivity contribution >= 4 is 11.8 Å². The van der Waals surface area contributed by atoms with Crippen LogP contribution in [0.15, 0.2) is 12.2 Å². The van der Waals surface area contributed by atoms with Gasteiger partial charge in [-0.2, -0.15) is 0 Å². The van der Waals surface area contributed by atoms with Crippen LogP contribution >= 0.6 is 0 Å². The van der Waals surface area contributed by atoms with E-state index in [0.29, 0.717) is 64.5 Å². The molecule has 4 heteroatoms. The predicted octanol–water partition coefficient (Wildman–Crippen LogP) is 10.8. The molecule has 0 spiro atoms. The fraction of sp³-hybridized carbons (Fsp3) is 0.907. The number of hydrogen-bond acceptors (Lipinski definition) is 4. The highest BCUT2D eigenvalue weighted by Crippen LogP contribution is 2.78. The van der Waals surface area contributed by atoms with E-state index in [1.54, 1.807) is 0 Å². The lowest BCUT2D eigenvalue weighted by atomic mass is 9.31. The van der Waals surface area contributed by atoms with Gasteiger partial charge in [0.1, 0.15) is 5.78 Å². The van der Waals surface area contributed by atoms with Crippen LogP contribution in [0.25, 0.3) is 0 Å². The fourth-order valence-electron chi connectivity index (χ4n) is 13.9. The first-order valence-corrected chi connectivity index (χ1v) is 19.8. The first-order valence-electron chi connectivity index (χ1n) is 19.8. The van der Waals surface area contributed by atoms with Gasteiger partial charge in [0, 0.05) is 12.8 Å². The van der Waals surface area contributed by atoms with Crippen molar-refractivity contribution in [1.82, 2.24) is 5.32 Å². The van der Waals surface area contributed by atoms with E-state index in [0.717, 1.165) is 30.7 Å². The number of allylic oxidation sites excluding steroid dienone is 1. The molecule has 5 saturated carbocycles. The molecule has 0 aliphatic heterocycles. The molecule has 0 aromatic rings. The van der Waals surface area contributed by atoms with Crippen molar-refractivity contribution in [2.45, 2.75) is 159 Å². The summed E-state index contributed by atoms with van der Waals surface area (Å²) < 4.78 is 4.91. The van der Waals surface area contributed by atoms with Crippen LogP contribution in [0.2, 0.25) is 0 Å². The molecule has 0 aromatic heterocycles. The third kappa shape index (κ3) is 6.46. The Labute approximate surface area is 290 Å². The Morgan fingerprint density at radius 2 is 1.53 bits per heavy atom. The van der Waals surface area contributed by atoms with Crippen molar-refractivity contribution in [1.29, 1.82) is 0 Å². The van der Waals surface area contributed by atoms with Gasteiger partial charge in [0.2, 0.25) is 0 Å². The second-order valence-corrected chi connectivity index (χ2v) is 19.3. The average molecular weight is 654 g/mol. The Morgan fingerprint density at radius 1 is 0.851 bits per heavy atom. The monoisotopic (exact) mass is 654 g/mol. The van der Waals surface area contributed by atoms with Gasteiger partial charge in [0.05, 0.1) is 13.5 Å². The predicted molar refractivity (Wildman–Crippen MR) is 197 cm³/mol. The summed E-state index contributed by atoms with van der Waals surface area (Å²) in [6.45, 7) is 29.3. The van der Waals surface area contributed by atoms with Crippen LogP contribution in [-0.2, 0) is 14.3 Å². The van der Waals surface area contributed by atoms with Gasteiger partial charge in [0.15, 0.2) is 0 Å². The number of carbonyl (C=O) groups is 2. The fourth-order valence-corrected chi connectivity index (χ4v) is 13.9. The summed E-state index contributed by atoms with van der Waals surface area (Å²) in [7, 11) is 3.57. The maximum Gasteiger partial charge on any atom is 0.306 e. The van der Waals surface area contributed by atoms with Crippen LogP contribution in [0, 0.1) is 68.0 Å². The number of fused-ring (bicyclic) bond motifs is 7. The van der Waals surface area contributed by atoms with E-state index >= 15 is 0 Å². The van der Waals surface area contributed by atoms with E-state index < -0.39 is 0 Å². The number of rotatable bonds is 10. The lowest BCUT2D eigenvalue weighted by Crippen LogP contribution is -2.66. The van der Waals surface area contributed by atoms with E-state index in [1.807, 2.05) is 27.7 Å². The molecule has 5 fully saturated rings. The van der Waals surface area contributed by atoms with E-state index in [1.165, 1.54) is 76.9 Å². The van der Waals surface area contributed by atoms with Gasteiger partial charge in [-0.05, 0) is 159 Å². The third-order valence-corrected chi connectivity index (χ3v) is 16.4. The Morgan fingerprint density at radius 3 is 2.15 bits per heavy atom. The highest BCUT2D eigenvalue weighted by atomic mass is 16.5. The summed E-state index contributed by atoms with van der Waals surface area (Å²) in [5.74, 6) is 4.25. The van der Waals surface area contributed by atoms with Gasteiger partial charge >= 0.3 is 5.97 Å². The number of nitrogens with one attached hydrogen (secondary N) is 1. The smallest absolute Gasteiger partial charge is 0.306 e. The largest absolute Gasteiger partial charge is 0.469 e. The van der Waals surface area contributed by atoms with Crippen LogP contribution in [0.4, 0.5) is 0 Å². The molecule has 10 atom stereocenters. The summed E-state index contributed by atoms with van der Waals surface area (Å²) in [6.07, 6.45) is 16.1. The first kappa shape index (κ1) is 38.6. The van der Waals surface area contributed by atoms with Crippen LogP contribution in [0.1, 0.15) is 159 Å². The molecule has 47 heavy (non-hydrogen) atoms. The molecule has 0 bridgehead atoms. The van der Waals surface area contributed by atoms with E-state index in [2.05, 4.69) is 60.5 Å². The number of ketones is 1. The average Bonchev–Trinajstić information content (AvgIpc) is 3.38. The van der Waals surface area contributed by atoms with Crippen molar-refractivity contribution in [3.8, 4) is 0 Å². The molecule has 1 N–H and O–H groups in total. The minimum Gasteiger partial charge on any atom is -0.469 e. The van der Waals surface area contributed by atoms with Crippen LogP contribution < -0.4 is 5.32 Å². The van der Waals surface area contributed by atoms with Crippen LogP contribution in [-0.4, -0.2) is 32.5 Å². The molecule has 0 saturated heterocycles. The quantitative estimate of drug-likeness (QED) is 0.188. The number of carbonyl (C=O) groups excluding carboxylic acids is 2. The second-order valence-electron chi connectivity index (χ2n) is 19.3. The Bertz CT molecular complexity index is 1160. The number of hydrogen-bond donors (Lipinski definition) is 1. The zero-order valence-electron chi connectivity index (χ0n) is 33.0. The summed E-state index contributed by atoms with van der Waals surface area (Å²) in [5.41, 5.74) is 2.82. The molecule has 5 aliphatic rings. The van der Waals surface area contributed by atoms with E-state index in [-0.39, 0.29) is 16.8 Å². The molecule has 5 rings (SSSR count). The first-order chi connectivity index (χ1) is 21.9. The van der Waals surface area contributed by atoms with Crippen molar-refractivity contribution < 1.29 is 14.3 Å². The van der Waals surface area contributed by atoms with E-state index in [9.17, 15) is 9.59 Å². The number of esters is 1. The third-order valence-electron chi connectivity index (χ3n) is 16.4. The Balaban J connectivity index is 0.00000245. The summed E-state index contributed by atoms with van der Waals surface area (Å²) in [6, 6.07) is 0. The molecule has 4 unspecified atom stereocenters. The van der Waals surface area contributed by atoms with Gasteiger partial charge in [-0.1, -0.05) is 74.5 Å². The summed E-state index contributed by atoms with van der Waals surface area (Å²) in [4.78, 5) is 25.5. The summed E-state index contributed by atoms with van der Waals surface area (Å²) in [5, 5.41) is 3.52. The summed E-state index contributed by atoms with van der Waals surface area (Å²) >= 11 is 0. The maximum atomic E-state index is 13.5. The Kier molecular flexibility index (Phi) is 11.4. The van der Waals surface area contributed by atoms with Crippen LogP contribution in [0.5, 0.6) is 0 Å². The zero-order chi connectivity index (χ0) is 35.2. The Hall–Kier alpha value is -1.16. The lowest BCUT2D eigenvalue weighted by Gasteiger charge is -2.73. The number of ether oxygens (including phenoxy) is 1. The molecule has 4 nitrogen and oxygen atoms in total. The SMILES string of the molecule is C=C(C)[C@@H]1CC[C@]2(CCNC)CC[C@]3(C)C(CCC4[C@@]5(C)CC[C@H](CC(=O)CC(C)(C)CC(=O)OC)C(C)(C)C5CC[C@]43C)C12.CC. The van der Waals surface area contributed by atoms with Gasteiger partial charge < -0.3 is 10.1 Å². The second kappa shape index (κ2) is 13.9. The molecular weight excluding hydrogens is 578 g/mol. The normalized spacial score (nSPS) is 42.0. The highest BCUT2D eigenvalue weighted by molar-refractivity contribution is 5.80. The zero-order valence-corrected chi connectivity index (χ0v) is 33.0. The number of methoxy groups -OCH3 is 1. The van der Waals surface area contributed by atoms with Crippen molar-refractivity contribution in [2.75, 3.05) is 20.7 Å². The molecule has 0 amide bonds. The molecule has 270 valence electrons. The van der Waals surface area contributed by atoms with Crippen LogP contribution in [0.3, 0.4) is 0 Å². The molecule has 0 aromatic carbocycles. The number of Topliss-reactive ketones (excluding diaryl/α,β-unsaturated/α-hetero) is 1. The van der Waals surface area contributed by atoms with Crippen molar-refractivity contribution in [3.05, 3.63) is 12.2 Å². The standard InChI is InChI=1S/C41H69NO3.C2H6/c1-27(2)30-15-19-41(22-23-42-10)21-20-39(8)31(35(30)41)12-13-33-38(7)17-14-28(37(5,6)32(38)16-18-40(33,39)9)24-29(43)25-36(3,4)26-34(44)45-11;1-2/h28,30-33,35,42H,1,12-26H2,2-11H3;1-2H3/t28-,30+,31?,32?,33?,35?,38+,39-,40-,41-;/m1./s1. The minimum atomic E-state index is -0.356. The van der Waals surface area contributed by atoms with Gasteiger partial charge in [-0.15, -0.1) is 0 Å². The topological polar surface area (TPSA) is 55.4 Å². The van der Waals surface area contributed by atoms with Gasteiger partial charge in [-0.25, -0.2) is 0 Å². The highest BCUT2D eigenvalue weighted by Gasteiger charge is 2.70. The van der Waals surface area contributed by atoms with Gasteiger partial charge in [-0.3, -0.25) is 9.59 Å². The molecular formula is C43H75NO3. The molecule has 5 aliphatic carbocycles. The van der Waals surface area contributed by atoms with Gasteiger partial charge in [0.25, 0.3) is 0 Å². The molecule has 0 radical (unpaired) electrons. The minimum absolute atomic E-state index is 0.138. The van der Waals surface area contributed by atoms with Crippen molar-refractivity contribution in [3.63, 3.8) is 0 Å². The van der Waals surface area contributed by atoms with E-state index in [4.69, 9.17) is 4.74 Å². The van der Waals surface area contributed by atoms with Crippen molar-refractivity contribution in [2.24, 2.45) is 68.0 Å². The lowest BCUT2D eigenvalue weighted by molar-refractivity contribution is -0.243. The molecule has 0 heterocycles.